The van der Waals surface area contributed by atoms with Crippen LogP contribution in [0.2, 0.25) is 0 Å². The van der Waals surface area contributed by atoms with E-state index in [-0.39, 0.29) is 12.2 Å². The van der Waals surface area contributed by atoms with E-state index in [1.807, 2.05) is 18.2 Å². The summed E-state index contributed by atoms with van der Waals surface area (Å²) in [5.74, 6) is 0.902. The molecule has 0 radical (unpaired) electrons. The molecule has 0 aliphatic rings. The first-order valence-corrected chi connectivity index (χ1v) is 7.33. The van der Waals surface area contributed by atoms with Crippen LogP contribution in [-0.2, 0) is 11.9 Å². The van der Waals surface area contributed by atoms with E-state index in [0.717, 1.165) is 5.56 Å². The summed E-state index contributed by atoms with van der Waals surface area (Å²) in [6.45, 7) is 0.180. The summed E-state index contributed by atoms with van der Waals surface area (Å²) >= 11 is 3.39. The minimum absolute atomic E-state index is 0.180. The monoisotopic (exact) mass is 349 g/mol. The minimum Gasteiger partial charge on any atom is -0.497 e. The molecule has 0 aliphatic heterocycles. The van der Waals surface area contributed by atoms with E-state index in [1.165, 1.54) is 12.1 Å². The second-order valence-electron chi connectivity index (χ2n) is 4.36. The topological polar surface area (TPSA) is 42.2 Å². The van der Waals surface area contributed by atoms with Gasteiger partial charge in [0.1, 0.15) is 23.9 Å². The molecule has 0 unspecified atom stereocenters. The molecule has 21 heavy (non-hydrogen) atoms. The lowest BCUT2D eigenvalue weighted by atomic mass is 10.1. The number of hydrogen-bond acceptors (Lipinski definition) is 3. The number of hydrogen-bond donors (Lipinski definition) is 0. The third kappa shape index (κ3) is 3.96. The van der Waals surface area contributed by atoms with Crippen LogP contribution in [0.1, 0.15) is 16.7 Å². The van der Waals surface area contributed by atoms with Gasteiger partial charge >= 0.3 is 0 Å². The van der Waals surface area contributed by atoms with Crippen molar-refractivity contribution in [1.29, 1.82) is 5.26 Å². The quantitative estimate of drug-likeness (QED) is 0.760. The molecule has 0 fully saturated rings. The summed E-state index contributed by atoms with van der Waals surface area (Å²) in [4.78, 5) is 0. The van der Waals surface area contributed by atoms with Crippen LogP contribution in [0.3, 0.4) is 0 Å². The van der Waals surface area contributed by atoms with Gasteiger partial charge in [-0.3, -0.25) is 0 Å². The molecule has 0 bridgehead atoms. The molecule has 0 N–H and O–H groups in total. The summed E-state index contributed by atoms with van der Waals surface area (Å²) in [5.41, 5.74) is 1.85. The van der Waals surface area contributed by atoms with E-state index in [0.29, 0.717) is 22.4 Å². The maximum atomic E-state index is 13.4. The average molecular weight is 350 g/mol. The van der Waals surface area contributed by atoms with Crippen LogP contribution in [0.25, 0.3) is 0 Å². The molecule has 0 aliphatic carbocycles. The van der Waals surface area contributed by atoms with Crippen molar-refractivity contribution in [3.63, 3.8) is 0 Å². The summed E-state index contributed by atoms with van der Waals surface area (Å²) in [6.07, 6.45) is 0. The predicted octanol–water partition coefficient (Wildman–Crippen LogP) is 4.18. The van der Waals surface area contributed by atoms with Gasteiger partial charge in [0.15, 0.2) is 0 Å². The second-order valence-corrected chi connectivity index (χ2v) is 4.92. The van der Waals surface area contributed by atoms with Crippen molar-refractivity contribution in [2.45, 2.75) is 11.9 Å². The van der Waals surface area contributed by atoms with Crippen LogP contribution in [0.15, 0.2) is 36.4 Å². The molecule has 2 aromatic carbocycles. The lowest BCUT2D eigenvalue weighted by Gasteiger charge is -2.12. The third-order valence-electron chi connectivity index (χ3n) is 2.90. The average Bonchev–Trinajstić information content (AvgIpc) is 2.51. The van der Waals surface area contributed by atoms with E-state index >= 15 is 0 Å². The van der Waals surface area contributed by atoms with E-state index < -0.39 is 5.82 Å². The summed E-state index contributed by atoms with van der Waals surface area (Å²) in [6, 6.07) is 11.6. The summed E-state index contributed by atoms with van der Waals surface area (Å²) in [5, 5.41) is 9.48. The number of nitriles is 1. The molecule has 0 saturated heterocycles. The number of ether oxygens (including phenoxy) is 2. The Hall–Kier alpha value is -2.06. The fraction of sp³-hybridized carbons (Fsp3) is 0.188. The third-order valence-corrected chi connectivity index (χ3v) is 3.50. The first kappa shape index (κ1) is 15.3. The molecule has 0 heterocycles. The highest BCUT2D eigenvalue weighted by Crippen LogP contribution is 2.27. The van der Waals surface area contributed by atoms with Crippen molar-refractivity contribution in [3.05, 3.63) is 58.9 Å². The largest absolute Gasteiger partial charge is 0.497 e. The van der Waals surface area contributed by atoms with Gasteiger partial charge in [0.05, 0.1) is 18.7 Å². The predicted molar refractivity (Wildman–Crippen MR) is 81.1 cm³/mol. The maximum Gasteiger partial charge on any atom is 0.127 e. The van der Waals surface area contributed by atoms with Gasteiger partial charge in [0.25, 0.3) is 0 Å². The summed E-state index contributed by atoms with van der Waals surface area (Å²) in [7, 11) is 1.58. The molecule has 0 spiro atoms. The number of rotatable bonds is 5. The molecule has 2 aromatic rings. The van der Waals surface area contributed by atoms with Crippen molar-refractivity contribution in [2.75, 3.05) is 7.11 Å². The smallest absolute Gasteiger partial charge is 0.127 e. The van der Waals surface area contributed by atoms with Crippen LogP contribution in [-0.4, -0.2) is 7.11 Å². The Morgan fingerprint density at radius 2 is 2.05 bits per heavy atom. The zero-order chi connectivity index (χ0) is 15.2. The zero-order valence-electron chi connectivity index (χ0n) is 11.4. The molecular weight excluding hydrogens is 337 g/mol. The molecule has 2 rings (SSSR count). The minimum atomic E-state index is -0.445. The lowest BCUT2D eigenvalue weighted by Crippen LogP contribution is -1.99. The first-order chi connectivity index (χ1) is 10.2. The highest BCUT2D eigenvalue weighted by atomic mass is 79.9. The molecule has 3 nitrogen and oxygen atoms in total. The molecule has 108 valence electrons. The normalized spacial score (nSPS) is 10.0. The van der Waals surface area contributed by atoms with E-state index in [4.69, 9.17) is 14.7 Å². The zero-order valence-corrected chi connectivity index (χ0v) is 13.0. The second kappa shape index (κ2) is 7.09. The fourth-order valence-corrected chi connectivity index (χ4v) is 2.33. The van der Waals surface area contributed by atoms with Crippen LogP contribution in [0, 0.1) is 17.1 Å². The van der Waals surface area contributed by atoms with Gasteiger partial charge in [0.2, 0.25) is 0 Å². The molecular formula is C16H13BrFNO2. The van der Waals surface area contributed by atoms with Gasteiger partial charge < -0.3 is 9.47 Å². The number of alkyl halides is 1. The molecule has 0 saturated carbocycles. The van der Waals surface area contributed by atoms with Crippen LogP contribution in [0.5, 0.6) is 11.5 Å². The molecule has 0 aromatic heterocycles. The Morgan fingerprint density at radius 3 is 2.71 bits per heavy atom. The van der Waals surface area contributed by atoms with Gasteiger partial charge in [0, 0.05) is 17.0 Å². The van der Waals surface area contributed by atoms with E-state index in [9.17, 15) is 4.39 Å². The molecule has 5 heteroatoms. The Kier molecular flexibility index (Phi) is 5.18. The van der Waals surface area contributed by atoms with Crippen molar-refractivity contribution in [2.24, 2.45) is 0 Å². The summed E-state index contributed by atoms with van der Waals surface area (Å²) < 4.78 is 24.3. The van der Waals surface area contributed by atoms with E-state index in [2.05, 4.69) is 15.9 Å². The van der Waals surface area contributed by atoms with Gasteiger partial charge in [-0.15, -0.1) is 0 Å². The standard InChI is InChI=1S/C16H13BrFNO2/c1-20-15-3-2-13(8-17)16(7-15)21-10-12-4-11(9-19)5-14(18)6-12/h2-7H,8,10H2,1H3. The van der Waals surface area contributed by atoms with Gasteiger partial charge in [-0.25, -0.2) is 4.39 Å². The Balaban J connectivity index is 2.19. The van der Waals surface area contributed by atoms with Crippen LogP contribution in [0.4, 0.5) is 4.39 Å². The van der Waals surface area contributed by atoms with Gasteiger partial charge in [-0.1, -0.05) is 22.0 Å². The highest BCUT2D eigenvalue weighted by molar-refractivity contribution is 9.08. The van der Waals surface area contributed by atoms with Gasteiger partial charge in [-0.05, 0) is 29.8 Å². The first-order valence-electron chi connectivity index (χ1n) is 6.21. The van der Waals surface area contributed by atoms with Crippen LogP contribution >= 0.6 is 15.9 Å². The number of methoxy groups -OCH3 is 1. The lowest BCUT2D eigenvalue weighted by molar-refractivity contribution is 0.300. The van der Waals surface area contributed by atoms with Crippen molar-refractivity contribution in [1.82, 2.24) is 0 Å². The SMILES string of the molecule is COc1ccc(CBr)c(OCc2cc(F)cc(C#N)c2)c1. The number of nitrogens with zero attached hydrogens (tertiary/aromatic N) is 1. The van der Waals surface area contributed by atoms with E-state index in [1.54, 1.807) is 19.2 Å². The molecule has 0 amide bonds. The number of halogens is 2. The van der Waals surface area contributed by atoms with Crippen molar-refractivity contribution < 1.29 is 13.9 Å². The Labute approximate surface area is 131 Å². The fourth-order valence-electron chi connectivity index (χ4n) is 1.87. The van der Waals surface area contributed by atoms with Crippen LogP contribution < -0.4 is 9.47 Å². The Bertz CT molecular complexity index is 682. The maximum absolute atomic E-state index is 13.4. The Morgan fingerprint density at radius 1 is 1.24 bits per heavy atom. The number of benzene rings is 2. The van der Waals surface area contributed by atoms with Crippen molar-refractivity contribution in [3.8, 4) is 17.6 Å². The van der Waals surface area contributed by atoms with Crippen molar-refractivity contribution >= 4 is 15.9 Å². The molecule has 0 atom stereocenters. The highest BCUT2D eigenvalue weighted by Gasteiger charge is 2.07. The van der Waals surface area contributed by atoms with Gasteiger partial charge in [-0.2, -0.15) is 5.26 Å².